The van der Waals surface area contributed by atoms with Crippen LogP contribution in [0.25, 0.3) is 6.08 Å². The van der Waals surface area contributed by atoms with E-state index in [0.29, 0.717) is 12.4 Å². The number of furan rings is 1. The van der Waals surface area contributed by atoms with Crippen molar-refractivity contribution in [1.29, 1.82) is 0 Å². The monoisotopic (exact) mass is 283 g/mol. The molecule has 0 saturated heterocycles. The zero-order valence-corrected chi connectivity index (χ0v) is 11.4. The number of ether oxygens (including phenoxy) is 2. The zero-order valence-electron chi connectivity index (χ0n) is 11.4. The van der Waals surface area contributed by atoms with Crippen LogP contribution in [0.4, 0.5) is 0 Å². The van der Waals surface area contributed by atoms with E-state index in [1.54, 1.807) is 18.2 Å². The highest BCUT2D eigenvalue weighted by Crippen LogP contribution is 2.21. The molecule has 0 aliphatic carbocycles. The standard InChI is InChI=1S/C16H13NO4/c1-2-19-12-6-3-5-11(9-12)10-13-16(18)21-15(17-13)14-7-4-8-20-14/h3-10H,2H2,1H3. The molecule has 5 nitrogen and oxygen atoms in total. The first-order valence-corrected chi connectivity index (χ1v) is 6.55. The second kappa shape index (κ2) is 5.66. The van der Waals surface area contributed by atoms with Gasteiger partial charge in [-0.1, -0.05) is 12.1 Å². The number of esters is 1. The predicted octanol–water partition coefficient (Wildman–Crippen LogP) is 3.02. The Morgan fingerprint density at radius 1 is 1.29 bits per heavy atom. The highest BCUT2D eigenvalue weighted by Gasteiger charge is 2.25. The van der Waals surface area contributed by atoms with E-state index >= 15 is 0 Å². The molecule has 1 aliphatic rings. The molecule has 5 heteroatoms. The molecule has 2 heterocycles. The number of rotatable bonds is 4. The summed E-state index contributed by atoms with van der Waals surface area (Å²) >= 11 is 0. The van der Waals surface area contributed by atoms with Gasteiger partial charge in [-0.05, 0) is 42.8 Å². The fourth-order valence-corrected chi connectivity index (χ4v) is 1.93. The first-order chi connectivity index (χ1) is 10.3. The van der Waals surface area contributed by atoms with Crippen molar-refractivity contribution >= 4 is 17.9 Å². The summed E-state index contributed by atoms with van der Waals surface area (Å²) in [5.74, 6) is 0.851. The van der Waals surface area contributed by atoms with Crippen molar-refractivity contribution in [2.45, 2.75) is 6.92 Å². The average molecular weight is 283 g/mol. The minimum atomic E-state index is -0.497. The van der Waals surface area contributed by atoms with Crippen LogP contribution in [0.2, 0.25) is 0 Å². The first kappa shape index (κ1) is 13.2. The maximum atomic E-state index is 11.8. The lowest BCUT2D eigenvalue weighted by Crippen LogP contribution is -2.04. The number of benzene rings is 1. The smallest absolute Gasteiger partial charge is 0.363 e. The normalized spacial score (nSPS) is 16.0. The van der Waals surface area contributed by atoms with E-state index in [-0.39, 0.29) is 11.6 Å². The molecule has 0 radical (unpaired) electrons. The molecule has 0 N–H and O–H groups in total. The van der Waals surface area contributed by atoms with Gasteiger partial charge in [0.05, 0.1) is 12.9 Å². The van der Waals surface area contributed by atoms with E-state index in [0.717, 1.165) is 11.3 Å². The Morgan fingerprint density at radius 2 is 2.19 bits per heavy atom. The molecular weight excluding hydrogens is 270 g/mol. The largest absolute Gasteiger partial charge is 0.494 e. The molecule has 1 aromatic heterocycles. The molecule has 0 spiro atoms. The molecule has 0 atom stereocenters. The van der Waals surface area contributed by atoms with Crippen LogP contribution in [0.5, 0.6) is 5.75 Å². The van der Waals surface area contributed by atoms with Crippen LogP contribution in [-0.2, 0) is 9.53 Å². The fourth-order valence-electron chi connectivity index (χ4n) is 1.93. The molecule has 0 unspecified atom stereocenters. The summed E-state index contributed by atoms with van der Waals surface area (Å²) < 4.78 is 15.7. The highest BCUT2D eigenvalue weighted by molar-refractivity contribution is 6.11. The average Bonchev–Trinajstić information content (AvgIpc) is 3.10. The summed E-state index contributed by atoms with van der Waals surface area (Å²) in [5, 5.41) is 0. The van der Waals surface area contributed by atoms with Gasteiger partial charge >= 0.3 is 5.97 Å². The van der Waals surface area contributed by atoms with Crippen LogP contribution >= 0.6 is 0 Å². The van der Waals surface area contributed by atoms with Gasteiger partial charge in [0.2, 0.25) is 0 Å². The van der Waals surface area contributed by atoms with Gasteiger partial charge in [0, 0.05) is 0 Å². The lowest BCUT2D eigenvalue weighted by molar-refractivity contribution is -0.130. The second-order valence-electron chi connectivity index (χ2n) is 4.32. The van der Waals surface area contributed by atoms with Crippen LogP contribution < -0.4 is 4.74 Å². The Morgan fingerprint density at radius 3 is 2.95 bits per heavy atom. The maximum Gasteiger partial charge on any atom is 0.363 e. The molecule has 0 saturated carbocycles. The molecule has 2 aromatic rings. The summed E-state index contributed by atoms with van der Waals surface area (Å²) in [6.45, 7) is 2.50. The van der Waals surface area contributed by atoms with Crippen LogP contribution in [0.3, 0.4) is 0 Å². The Labute approximate surface area is 121 Å². The molecule has 0 amide bonds. The van der Waals surface area contributed by atoms with Crippen molar-refractivity contribution < 1.29 is 18.7 Å². The number of carbonyl (C=O) groups excluding carboxylic acids is 1. The molecule has 21 heavy (non-hydrogen) atoms. The third-order valence-corrected chi connectivity index (χ3v) is 2.82. The van der Waals surface area contributed by atoms with Gasteiger partial charge < -0.3 is 13.9 Å². The second-order valence-corrected chi connectivity index (χ2v) is 4.32. The fraction of sp³-hybridized carbons (Fsp3) is 0.125. The van der Waals surface area contributed by atoms with Crippen molar-refractivity contribution in [3.05, 3.63) is 59.7 Å². The number of cyclic esters (lactones) is 1. The molecule has 106 valence electrons. The third-order valence-electron chi connectivity index (χ3n) is 2.82. The van der Waals surface area contributed by atoms with Crippen molar-refractivity contribution in [1.82, 2.24) is 0 Å². The number of nitrogens with zero attached hydrogens (tertiary/aromatic N) is 1. The predicted molar refractivity (Wildman–Crippen MR) is 76.9 cm³/mol. The van der Waals surface area contributed by atoms with E-state index in [1.807, 2.05) is 31.2 Å². The van der Waals surface area contributed by atoms with Crippen LogP contribution in [0.1, 0.15) is 18.2 Å². The lowest BCUT2D eigenvalue weighted by Gasteiger charge is -2.03. The van der Waals surface area contributed by atoms with Crippen molar-refractivity contribution in [2.75, 3.05) is 6.61 Å². The van der Waals surface area contributed by atoms with Gasteiger partial charge in [0.15, 0.2) is 11.5 Å². The topological polar surface area (TPSA) is 61.0 Å². The summed E-state index contributed by atoms with van der Waals surface area (Å²) in [6, 6.07) is 10.8. The third kappa shape index (κ3) is 2.86. The minimum absolute atomic E-state index is 0.178. The van der Waals surface area contributed by atoms with E-state index in [2.05, 4.69) is 4.99 Å². The summed E-state index contributed by atoms with van der Waals surface area (Å²) in [6.07, 6.45) is 3.15. The molecular formula is C16H13NO4. The summed E-state index contributed by atoms with van der Waals surface area (Å²) in [5.41, 5.74) is 1.05. The summed E-state index contributed by atoms with van der Waals surface area (Å²) in [7, 11) is 0. The van der Waals surface area contributed by atoms with E-state index < -0.39 is 5.97 Å². The number of aliphatic imine (C=N–C) groups is 1. The maximum absolute atomic E-state index is 11.8. The Bertz CT molecular complexity index is 714. The van der Waals surface area contributed by atoms with Gasteiger partial charge in [-0.2, -0.15) is 0 Å². The number of carbonyl (C=O) groups is 1. The molecule has 0 bridgehead atoms. The van der Waals surface area contributed by atoms with Gasteiger partial charge in [-0.3, -0.25) is 0 Å². The van der Waals surface area contributed by atoms with Crippen LogP contribution in [0.15, 0.2) is 57.8 Å². The van der Waals surface area contributed by atoms with Crippen molar-refractivity contribution in [2.24, 2.45) is 4.99 Å². The van der Waals surface area contributed by atoms with Gasteiger partial charge in [0.1, 0.15) is 5.75 Å². The quantitative estimate of drug-likeness (QED) is 0.639. The number of hydrogen-bond acceptors (Lipinski definition) is 5. The SMILES string of the molecule is CCOc1cccc(C=C2N=C(c3ccco3)OC2=O)c1. The molecule has 3 rings (SSSR count). The van der Waals surface area contributed by atoms with Gasteiger partial charge in [-0.15, -0.1) is 0 Å². The first-order valence-electron chi connectivity index (χ1n) is 6.55. The van der Waals surface area contributed by atoms with Crippen molar-refractivity contribution in [3.8, 4) is 5.75 Å². The van der Waals surface area contributed by atoms with E-state index in [1.165, 1.54) is 6.26 Å². The van der Waals surface area contributed by atoms with Gasteiger partial charge in [0.25, 0.3) is 5.90 Å². The Hall–Kier alpha value is -2.82. The van der Waals surface area contributed by atoms with E-state index in [4.69, 9.17) is 13.9 Å². The van der Waals surface area contributed by atoms with Gasteiger partial charge in [-0.25, -0.2) is 9.79 Å². The Balaban J connectivity index is 1.89. The lowest BCUT2D eigenvalue weighted by atomic mass is 10.2. The minimum Gasteiger partial charge on any atom is -0.494 e. The molecule has 1 aromatic carbocycles. The molecule has 0 fully saturated rings. The van der Waals surface area contributed by atoms with Crippen LogP contribution in [0, 0.1) is 0 Å². The van der Waals surface area contributed by atoms with Crippen molar-refractivity contribution in [3.63, 3.8) is 0 Å². The zero-order chi connectivity index (χ0) is 14.7. The summed E-state index contributed by atoms with van der Waals surface area (Å²) in [4.78, 5) is 16.0. The highest BCUT2D eigenvalue weighted by atomic mass is 16.6. The van der Waals surface area contributed by atoms with Crippen LogP contribution in [-0.4, -0.2) is 18.5 Å². The molecule has 1 aliphatic heterocycles. The number of hydrogen-bond donors (Lipinski definition) is 0. The Kier molecular flexibility index (Phi) is 3.55. The van der Waals surface area contributed by atoms with E-state index in [9.17, 15) is 4.79 Å².